The van der Waals surface area contributed by atoms with Gasteiger partial charge < -0.3 is 9.88 Å². The van der Waals surface area contributed by atoms with Crippen LogP contribution in [0.3, 0.4) is 0 Å². The molecule has 0 unspecified atom stereocenters. The van der Waals surface area contributed by atoms with E-state index >= 15 is 0 Å². The smallest absolute Gasteiger partial charge is 0.270 e. The molecule has 3 aromatic heterocycles. The van der Waals surface area contributed by atoms with Gasteiger partial charge in [0.05, 0.1) is 17.2 Å². The van der Waals surface area contributed by atoms with Gasteiger partial charge in [-0.3, -0.25) is 19.3 Å². The fourth-order valence-electron chi connectivity index (χ4n) is 4.90. The Hall–Kier alpha value is -2.96. The van der Waals surface area contributed by atoms with Gasteiger partial charge in [-0.2, -0.15) is 5.10 Å². The number of nitrogens with one attached hydrogen (secondary N) is 1. The highest BCUT2D eigenvalue weighted by atomic mass is 16.2. The summed E-state index contributed by atoms with van der Waals surface area (Å²) in [7, 11) is 0. The van der Waals surface area contributed by atoms with E-state index in [9.17, 15) is 9.59 Å². The Labute approximate surface area is 176 Å². The predicted octanol–water partition coefficient (Wildman–Crippen LogP) is 4.03. The number of likely N-dealkylation sites (tertiary alicyclic amines) is 1. The highest BCUT2D eigenvalue weighted by molar-refractivity contribution is 5.98. The van der Waals surface area contributed by atoms with E-state index < -0.39 is 0 Å². The summed E-state index contributed by atoms with van der Waals surface area (Å²) in [6, 6.07) is 5.78. The number of carbonyl (C=O) groups is 2. The van der Waals surface area contributed by atoms with Crippen LogP contribution in [0.5, 0.6) is 0 Å². The molecule has 1 saturated heterocycles. The molecule has 3 aromatic rings. The molecule has 0 bridgehead atoms. The number of carbonyl (C=O) groups excluding carboxylic acids is 2. The summed E-state index contributed by atoms with van der Waals surface area (Å²) >= 11 is 0. The largest absolute Gasteiger partial charge is 0.349 e. The minimum atomic E-state index is -0.0479. The lowest BCUT2D eigenvalue weighted by Crippen LogP contribution is -2.46. The van der Waals surface area contributed by atoms with E-state index in [4.69, 9.17) is 0 Å². The van der Waals surface area contributed by atoms with Gasteiger partial charge in [0.2, 0.25) is 0 Å². The molecule has 1 fully saturated rings. The average molecular weight is 408 g/mol. The third-order valence-electron chi connectivity index (χ3n) is 6.46. The molecule has 158 valence electrons. The molecule has 5 rings (SSSR count). The number of pyridine rings is 1. The van der Waals surface area contributed by atoms with Crippen LogP contribution in [0.1, 0.15) is 73.1 Å². The topological polar surface area (TPSA) is 83.9 Å². The number of aromatic amines is 1. The van der Waals surface area contributed by atoms with Gasteiger partial charge in [-0.25, -0.2) is 0 Å². The number of rotatable bonds is 2. The second-order valence-electron chi connectivity index (χ2n) is 8.74. The highest BCUT2D eigenvalue weighted by Crippen LogP contribution is 2.44. The molecule has 1 amide bonds. The molecule has 30 heavy (non-hydrogen) atoms. The quantitative estimate of drug-likeness (QED) is 0.695. The number of H-pyrrole nitrogens is 1. The zero-order valence-electron chi connectivity index (χ0n) is 16.8. The zero-order chi connectivity index (χ0) is 20.2. The lowest BCUT2D eigenvalue weighted by Gasteiger charge is -2.43. The maximum absolute atomic E-state index is 13.0. The van der Waals surface area contributed by atoms with E-state index in [-0.39, 0.29) is 30.6 Å². The van der Waals surface area contributed by atoms with Gasteiger partial charge in [0, 0.05) is 37.3 Å². The monoisotopic (exact) mass is 407 g/mol. The number of aromatic nitrogens is 4. The minimum Gasteiger partial charge on any atom is -0.349 e. The summed E-state index contributed by atoms with van der Waals surface area (Å²) in [5.74, 6) is 0.201. The van der Waals surface area contributed by atoms with Gasteiger partial charge in [-0.15, -0.1) is 0 Å². The van der Waals surface area contributed by atoms with Crippen molar-refractivity contribution in [1.82, 2.24) is 24.6 Å². The lowest BCUT2D eigenvalue weighted by molar-refractivity contribution is 0.0513. The number of amides is 1. The molecule has 1 aliphatic carbocycles. The number of hydrogen-bond donors (Lipinski definition) is 1. The van der Waals surface area contributed by atoms with E-state index in [0.717, 1.165) is 41.6 Å². The van der Waals surface area contributed by atoms with Crippen LogP contribution in [0, 0.1) is 5.41 Å². The molecule has 1 N–H and O–H groups in total. The molecule has 0 aromatic carbocycles. The summed E-state index contributed by atoms with van der Waals surface area (Å²) in [5.41, 5.74) is 4.06. The van der Waals surface area contributed by atoms with E-state index in [1.54, 1.807) is 6.20 Å². The second kappa shape index (κ2) is 7.38. The first-order valence-corrected chi connectivity index (χ1v) is 10.3. The predicted molar refractivity (Wildman–Crippen MR) is 116 cm³/mol. The van der Waals surface area contributed by atoms with E-state index in [0.29, 0.717) is 25.2 Å². The summed E-state index contributed by atoms with van der Waals surface area (Å²) in [4.78, 5) is 35.3. The van der Waals surface area contributed by atoms with Crippen molar-refractivity contribution < 1.29 is 9.59 Å². The Balaban J connectivity index is 0.00000218. The van der Waals surface area contributed by atoms with Crippen molar-refractivity contribution in [2.24, 2.45) is 5.41 Å². The first-order chi connectivity index (χ1) is 14.0. The first kappa shape index (κ1) is 20.3. The molecule has 2 aliphatic rings. The number of ketones is 1. The minimum absolute atomic E-state index is 0. The number of piperidine rings is 1. The standard InChI is InChI=1S/C22H25N5O2.CH4/c1-14(2)27-20-15(13-24-27)11-22(12-19(20)28)5-8-26(9-6-22)21(29)18-10-17-16(25-18)4-3-7-23-17;/h3-4,7,10,13-14,25H,5-6,8-9,11-12H2,1-2H3;1H4. The van der Waals surface area contributed by atoms with Crippen LogP contribution in [0.4, 0.5) is 0 Å². The van der Waals surface area contributed by atoms with Crippen LogP contribution < -0.4 is 0 Å². The molecular formula is C23H29N5O2. The van der Waals surface area contributed by atoms with Crippen molar-refractivity contribution in [1.29, 1.82) is 0 Å². The SMILES string of the molecule is C.CC(C)n1ncc2c1C(=O)CC1(CCN(C(=O)c3cc4ncccc4[nH]3)CC1)C2. The summed E-state index contributed by atoms with van der Waals surface area (Å²) < 4.78 is 1.85. The Morgan fingerprint density at radius 1 is 1.23 bits per heavy atom. The number of hydrogen-bond acceptors (Lipinski definition) is 4. The molecule has 7 nitrogen and oxygen atoms in total. The summed E-state index contributed by atoms with van der Waals surface area (Å²) in [6.45, 7) is 5.44. The average Bonchev–Trinajstić information content (AvgIpc) is 3.32. The van der Waals surface area contributed by atoms with Gasteiger partial charge in [0.25, 0.3) is 5.91 Å². The van der Waals surface area contributed by atoms with Gasteiger partial charge >= 0.3 is 0 Å². The third-order valence-corrected chi connectivity index (χ3v) is 6.46. The molecular weight excluding hydrogens is 378 g/mol. The molecule has 7 heteroatoms. The summed E-state index contributed by atoms with van der Waals surface area (Å²) in [6.07, 6.45) is 6.70. The van der Waals surface area contributed by atoms with Crippen molar-refractivity contribution in [3.05, 3.63) is 47.5 Å². The fraction of sp³-hybridized carbons (Fsp3) is 0.478. The van der Waals surface area contributed by atoms with Crippen LogP contribution in [0.2, 0.25) is 0 Å². The maximum atomic E-state index is 13.0. The number of Topliss-reactive ketones (excluding diaryl/α,β-unsaturated/α-hetero) is 1. The molecule has 0 radical (unpaired) electrons. The molecule has 4 heterocycles. The van der Waals surface area contributed by atoms with Crippen LogP contribution in [-0.4, -0.2) is 49.4 Å². The molecule has 1 aliphatic heterocycles. The Kier molecular flexibility index (Phi) is 5.00. The van der Waals surface area contributed by atoms with E-state index in [1.807, 2.05) is 34.0 Å². The van der Waals surface area contributed by atoms with E-state index in [1.165, 1.54) is 0 Å². The van der Waals surface area contributed by atoms with Crippen molar-refractivity contribution in [2.45, 2.75) is 53.0 Å². The van der Waals surface area contributed by atoms with Crippen molar-refractivity contribution in [3.63, 3.8) is 0 Å². The first-order valence-electron chi connectivity index (χ1n) is 10.3. The van der Waals surface area contributed by atoms with Gasteiger partial charge in [-0.1, -0.05) is 7.43 Å². The maximum Gasteiger partial charge on any atom is 0.270 e. The Bertz CT molecular complexity index is 1070. The zero-order valence-corrected chi connectivity index (χ0v) is 16.8. The second-order valence-corrected chi connectivity index (χ2v) is 8.74. The van der Waals surface area contributed by atoms with Gasteiger partial charge in [-0.05, 0) is 56.7 Å². The van der Waals surface area contributed by atoms with Crippen molar-refractivity contribution >= 4 is 22.7 Å². The third kappa shape index (κ3) is 3.22. The van der Waals surface area contributed by atoms with Crippen LogP contribution in [0.15, 0.2) is 30.6 Å². The lowest BCUT2D eigenvalue weighted by atomic mass is 9.67. The van der Waals surface area contributed by atoms with Crippen molar-refractivity contribution in [2.75, 3.05) is 13.1 Å². The van der Waals surface area contributed by atoms with Crippen molar-refractivity contribution in [3.8, 4) is 0 Å². The Morgan fingerprint density at radius 2 is 2.00 bits per heavy atom. The summed E-state index contributed by atoms with van der Waals surface area (Å²) in [5, 5.41) is 4.45. The molecule has 1 spiro atoms. The highest BCUT2D eigenvalue weighted by Gasteiger charge is 2.43. The van der Waals surface area contributed by atoms with Crippen LogP contribution in [0.25, 0.3) is 11.0 Å². The van der Waals surface area contributed by atoms with Crippen LogP contribution >= 0.6 is 0 Å². The molecule has 0 saturated carbocycles. The number of fused-ring (bicyclic) bond motifs is 2. The van der Waals surface area contributed by atoms with Gasteiger partial charge in [0.15, 0.2) is 5.78 Å². The van der Waals surface area contributed by atoms with Gasteiger partial charge in [0.1, 0.15) is 11.4 Å². The number of nitrogens with zero attached hydrogens (tertiary/aromatic N) is 4. The normalized spacial score (nSPS) is 18.0. The van der Waals surface area contributed by atoms with Crippen LogP contribution in [-0.2, 0) is 6.42 Å². The van der Waals surface area contributed by atoms with E-state index in [2.05, 4.69) is 28.9 Å². The molecule has 0 atom stereocenters. The Morgan fingerprint density at radius 3 is 2.70 bits per heavy atom. The fourth-order valence-corrected chi connectivity index (χ4v) is 4.90.